The van der Waals surface area contributed by atoms with E-state index >= 15 is 0 Å². The van der Waals surface area contributed by atoms with Crippen LogP contribution < -0.4 is 10.1 Å². The zero-order chi connectivity index (χ0) is 21.4. The maximum absolute atomic E-state index is 13.6. The smallest absolute Gasteiger partial charge is 0.193 e. The Morgan fingerprint density at radius 1 is 1.20 bits per heavy atom. The van der Waals surface area contributed by atoms with Crippen molar-refractivity contribution in [1.29, 1.82) is 0 Å². The largest absolute Gasteiger partial charge is 0.497 e. The summed E-state index contributed by atoms with van der Waals surface area (Å²) in [6, 6.07) is 15.0. The van der Waals surface area contributed by atoms with Crippen molar-refractivity contribution in [3.05, 3.63) is 65.5 Å². The molecule has 0 aromatic heterocycles. The van der Waals surface area contributed by atoms with Gasteiger partial charge in [0.15, 0.2) is 5.96 Å². The third-order valence-corrected chi connectivity index (χ3v) is 5.69. The molecule has 162 valence electrons. The van der Waals surface area contributed by atoms with Crippen molar-refractivity contribution in [2.45, 2.75) is 31.7 Å². The lowest BCUT2D eigenvalue weighted by Gasteiger charge is -2.37. The van der Waals surface area contributed by atoms with Crippen molar-refractivity contribution in [2.24, 2.45) is 4.99 Å². The lowest BCUT2D eigenvalue weighted by atomic mass is 9.74. The van der Waals surface area contributed by atoms with Crippen LogP contribution in [-0.2, 0) is 16.7 Å². The molecule has 0 radical (unpaired) electrons. The fourth-order valence-corrected chi connectivity index (χ4v) is 3.92. The maximum Gasteiger partial charge on any atom is 0.193 e. The molecular weight excluding hydrogens is 381 g/mol. The summed E-state index contributed by atoms with van der Waals surface area (Å²) >= 11 is 0. The molecule has 2 aromatic carbocycles. The van der Waals surface area contributed by atoms with Gasteiger partial charge >= 0.3 is 0 Å². The first kappa shape index (κ1) is 22.1. The van der Waals surface area contributed by atoms with Crippen LogP contribution in [-0.4, -0.2) is 51.3 Å². The third-order valence-electron chi connectivity index (χ3n) is 5.69. The van der Waals surface area contributed by atoms with Gasteiger partial charge in [0.05, 0.1) is 13.7 Å². The van der Waals surface area contributed by atoms with Crippen molar-refractivity contribution in [3.63, 3.8) is 0 Å². The minimum Gasteiger partial charge on any atom is -0.497 e. The van der Waals surface area contributed by atoms with E-state index in [1.165, 1.54) is 11.6 Å². The van der Waals surface area contributed by atoms with Crippen LogP contribution in [0.2, 0.25) is 0 Å². The summed E-state index contributed by atoms with van der Waals surface area (Å²) in [5.41, 5.74) is 2.11. The standard InChI is InChI=1S/C24H32FN3O2/c1-4-26-23(28(2)17-19-6-5-7-21(25)16-19)27-18-24(12-14-30-15-13-24)20-8-10-22(29-3)11-9-20/h5-11,16H,4,12-15,17-18H2,1-3H3,(H,26,27). The molecule has 0 saturated carbocycles. The molecule has 0 atom stereocenters. The highest BCUT2D eigenvalue weighted by Gasteiger charge is 2.34. The highest BCUT2D eigenvalue weighted by atomic mass is 19.1. The van der Waals surface area contributed by atoms with Crippen LogP contribution in [0.4, 0.5) is 4.39 Å². The van der Waals surface area contributed by atoms with E-state index in [1.54, 1.807) is 19.2 Å². The van der Waals surface area contributed by atoms with Gasteiger partial charge in [0.25, 0.3) is 0 Å². The summed E-state index contributed by atoms with van der Waals surface area (Å²) in [7, 11) is 3.66. The number of nitrogens with one attached hydrogen (secondary N) is 1. The summed E-state index contributed by atoms with van der Waals surface area (Å²) in [6.45, 7) is 5.54. The Hall–Kier alpha value is -2.60. The van der Waals surface area contributed by atoms with Crippen LogP contribution in [0.15, 0.2) is 53.5 Å². The fourth-order valence-electron chi connectivity index (χ4n) is 3.92. The van der Waals surface area contributed by atoms with Crippen molar-refractivity contribution >= 4 is 5.96 Å². The Bertz CT molecular complexity index is 833. The van der Waals surface area contributed by atoms with Crippen LogP contribution in [0.5, 0.6) is 5.75 Å². The minimum absolute atomic E-state index is 0.0646. The predicted octanol–water partition coefficient (Wildman–Crippen LogP) is 3.98. The highest BCUT2D eigenvalue weighted by molar-refractivity contribution is 5.79. The third kappa shape index (κ3) is 5.51. The Morgan fingerprint density at radius 2 is 1.93 bits per heavy atom. The summed E-state index contributed by atoms with van der Waals surface area (Å²) < 4.78 is 24.5. The van der Waals surface area contributed by atoms with E-state index < -0.39 is 0 Å². The second kappa shape index (κ2) is 10.4. The molecule has 0 amide bonds. The number of methoxy groups -OCH3 is 1. The van der Waals surface area contributed by atoms with Crippen molar-refractivity contribution in [3.8, 4) is 5.75 Å². The molecule has 0 spiro atoms. The van der Waals surface area contributed by atoms with Gasteiger partial charge in [0.2, 0.25) is 0 Å². The molecule has 30 heavy (non-hydrogen) atoms. The summed E-state index contributed by atoms with van der Waals surface area (Å²) in [6.07, 6.45) is 1.85. The average Bonchev–Trinajstić information content (AvgIpc) is 2.77. The van der Waals surface area contributed by atoms with Gasteiger partial charge < -0.3 is 19.7 Å². The second-order valence-corrected chi connectivity index (χ2v) is 7.78. The highest BCUT2D eigenvalue weighted by Crippen LogP contribution is 2.36. The number of halogens is 1. The Morgan fingerprint density at radius 3 is 2.57 bits per heavy atom. The molecule has 1 saturated heterocycles. The topological polar surface area (TPSA) is 46.1 Å². The van der Waals surface area contributed by atoms with Gasteiger partial charge in [-0.2, -0.15) is 0 Å². The van der Waals surface area contributed by atoms with Gasteiger partial charge in [-0.3, -0.25) is 4.99 Å². The summed E-state index contributed by atoms with van der Waals surface area (Å²) in [5.74, 6) is 1.46. The van der Waals surface area contributed by atoms with Crippen LogP contribution in [0, 0.1) is 5.82 Å². The first-order valence-electron chi connectivity index (χ1n) is 10.5. The van der Waals surface area contributed by atoms with E-state index in [2.05, 4.69) is 24.4 Å². The lowest BCUT2D eigenvalue weighted by molar-refractivity contribution is 0.0530. The number of guanidine groups is 1. The van der Waals surface area contributed by atoms with E-state index in [9.17, 15) is 4.39 Å². The van der Waals surface area contributed by atoms with Gasteiger partial charge in [-0.1, -0.05) is 24.3 Å². The second-order valence-electron chi connectivity index (χ2n) is 7.78. The molecule has 1 fully saturated rings. The minimum atomic E-state index is -0.219. The van der Waals surface area contributed by atoms with Crippen molar-refractivity contribution < 1.29 is 13.9 Å². The van der Waals surface area contributed by atoms with Gasteiger partial charge in [0.1, 0.15) is 11.6 Å². The van der Waals surface area contributed by atoms with Crippen LogP contribution in [0.25, 0.3) is 0 Å². The molecule has 0 unspecified atom stereocenters. The van der Waals surface area contributed by atoms with Crippen molar-refractivity contribution in [1.82, 2.24) is 10.2 Å². The zero-order valence-corrected chi connectivity index (χ0v) is 18.2. The van der Waals surface area contributed by atoms with Crippen LogP contribution in [0.1, 0.15) is 30.9 Å². The zero-order valence-electron chi connectivity index (χ0n) is 18.2. The monoisotopic (exact) mass is 413 g/mol. The molecule has 1 aliphatic rings. The van der Waals surface area contributed by atoms with Gasteiger partial charge in [-0.15, -0.1) is 0 Å². The van der Waals surface area contributed by atoms with E-state index in [4.69, 9.17) is 14.5 Å². The van der Waals surface area contributed by atoms with Gasteiger partial charge in [-0.05, 0) is 55.2 Å². The fraction of sp³-hybridized carbons (Fsp3) is 0.458. The normalized spacial score (nSPS) is 16.2. The van der Waals surface area contributed by atoms with Crippen molar-refractivity contribution in [2.75, 3.05) is 40.5 Å². The Kier molecular flexibility index (Phi) is 7.69. The number of hydrogen-bond acceptors (Lipinski definition) is 3. The van der Waals surface area contributed by atoms with Crippen LogP contribution in [0.3, 0.4) is 0 Å². The molecule has 1 aliphatic heterocycles. The first-order chi connectivity index (χ1) is 14.6. The van der Waals surface area contributed by atoms with E-state index in [1.807, 2.05) is 30.1 Å². The molecule has 2 aromatic rings. The molecule has 3 rings (SSSR count). The molecule has 6 heteroatoms. The maximum atomic E-state index is 13.6. The van der Waals surface area contributed by atoms with Gasteiger partial charge in [-0.25, -0.2) is 4.39 Å². The number of ether oxygens (including phenoxy) is 2. The molecule has 5 nitrogen and oxygen atoms in total. The average molecular weight is 414 g/mol. The molecule has 0 aliphatic carbocycles. The Labute approximate surface area is 178 Å². The number of hydrogen-bond donors (Lipinski definition) is 1. The summed E-state index contributed by atoms with van der Waals surface area (Å²) in [5, 5.41) is 3.37. The van der Waals surface area contributed by atoms with E-state index in [-0.39, 0.29) is 11.2 Å². The predicted molar refractivity (Wildman–Crippen MR) is 119 cm³/mol. The van der Waals surface area contributed by atoms with Crippen LogP contribution >= 0.6 is 0 Å². The van der Waals surface area contributed by atoms with Gasteiger partial charge in [0, 0.05) is 38.8 Å². The SMILES string of the molecule is CCNC(=NCC1(c2ccc(OC)cc2)CCOCC1)N(C)Cc1cccc(F)c1. The molecule has 1 heterocycles. The first-order valence-corrected chi connectivity index (χ1v) is 10.5. The van der Waals surface area contributed by atoms with E-state index in [0.29, 0.717) is 13.1 Å². The number of rotatable bonds is 7. The number of aliphatic imine (C=N–C) groups is 1. The number of nitrogens with zero attached hydrogens (tertiary/aromatic N) is 2. The number of benzene rings is 2. The summed E-state index contributed by atoms with van der Waals surface area (Å²) in [4.78, 5) is 7.04. The van der Waals surface area contributed by atoms with E-state index in [0.717, 1.165) is 49.9 Å². The quantitative estimate of drug-likeness (QED) is 0.551. The Balaban J connectivity index is 1.81. The molecule has 0 bridgehead atoms. The molecular formula is C24H32FN3O2. The lowest BCUT2D eigenvalue weighted by Crippen LogP contribution is -2.41. The molecule has 1 N–H and O–H groups in total.